The fraction of sp³-hybridized carbons (Fsp3) is 0.435. The van der Waals surface area contributed by atoms with Crippen molar-refractivity contribution in [3.05, 3.63) is 41.4 Å². The van der Waals surface area contributed by atoms with Crippen molar-refractivity contribution in [3.8, 4) is 5.75 Å². The van der Waals surface area contributed by atoms with Crippen molar-refractivity contribution in [1.29, 1.82) is 0 Å². The largest absolute Gasteiger partial charge is 0.497 e. The van der Waals surface area contributed by atoms with E-state index in [1.807, 2.05) is 24.3 Å². The fourth-order valence-electron chi connectivity index (χ4n) is 3.64. The first-order valence-electron chi connectivity index (χ1n) is 10.1. The summed E-state index contributed by atoms with van der Waals surface area (Å²) in [4.78, 5) is 7.29. The summed E-state index contributed by atoms with van der Waals surface area (Å²) in [5, 5.41) is 6.69. The van der Waals surface area contributed by atoms with E-state index in [2.05, 4.69) is 43.1 Å². The maximum absolute atomic E-state index is 6.23. The maximum Gasteiger partial charge on any atom is 0.119 e. The zero-order chi connectivity index (χ0) is 20.1. The SMILES string of the molecule is CCC(CCN(CC)CC)Nc1c2ccc(Cl)cc2nc2ccc(OC)cc12. The Bertz CT molecular complexity index is 940. The molecule has 28 heavy (non-hydrogen) atoms. The van der Waals surface area contributed by atoms with Crippen LogP contribution >= 0.6 is 11.6 Å². The van der Waals surface area contributed by atoms with Crippen LogP contribution in [0.15, 0.2) is 36.4 Å². The Kier molecular flexibility index (Phi) is 6.97. The molecule has 1 heterocycles. The van der Waals surface area contributed by atoms with Gasteiger partial charge < -0.3 is 15.0 Å². The molecule has 0 radical (unpaired) electrons. The molecule has 0 saturated heterocycles. The minimum Gasteiger partial charge on any atom is -0.497 e. The fourth-order valence-corrected chi connectivity index (χ4v) is 3.81. The molecule has 3 rings (SSSR count). The minimum absolute atomic E-state index is 0.385. The van der Waals surface area contributed by atoms with Crippen LogP contribution in [0, 0.1) is 0 Å². The van der Waals surface area contributed by atoms with Gasteiger partial charge >= 0.3 is 0 Å². The van der Waals surface area contributed by atoms with Crippen LogP contribution in [0.1, 0.15) is 33.6 Å². The number of ether oxygens (including phenoxy) is 1. The smallest absolute Gasteiger partial charge is 0.119 e. The Balaban J connectivity index is 2.04. The molecular formula is C23H30ClN3O. The van der Waals surface area contributed by atoms with E-state index in [1.54, 1.807) is 7.11 Å². The number of nitrogens with one attached hydrogen (secondary N) is 1. The predicted molar refractivity (Wildman–Crippen MR) is 121 cm³/mol. The van der Waals surface area contributed by atoms with Gasteiger partial charge in [0.1, 0.15) is 5.75 Å². The van der Waals surface area contributed by atoms with Gasteiger partial charge in [-0.25, -0.2) is 4.98 Å². The van der Waals surface area contributed by atoms with Gasteiger partial charge in [-0.05, 0) is 62.3 Å². The zero-order valence-electron chi connectivity index (χ0n) is 17.3. The molecule has 4 nitrogen and oxygen atoms in total. The number of fused-ring (bicyclic) bond motifs is 2. The molecule has 3 aromatic rings. The van der Waals surface area contributed by atoms with E-state index in [4.69, 9.17) is 21.3 Å². The number of halogens is 1. The van der Waals surface area contributed by atoms with E-state index in [1.165, 1.54) is 0 Å². The summed E-state index contributed by atoms with van der Waals surface area (Å²) in [7, 11) is 1.70. The molecular weight excluding hydrogens is 370 g/mol. The molecule has 2 aromatic carbocycles. The van der Waals surface area contributed by atoms with Gasteiger partial charge in [-0.15, -0.1) is 0 Å². The number of benzene rings is 2. The second kappa shape index (κ2) is 9.44. The van der Waals surface area contributed by atoms with Crippen molar-refractivity contribution in [2.24, 2.45) is 0 Å². The molecule has 0 aliphatic rings. The van der Waals surface area contributed by atoms with Crippen molar-refractivity contribution in [2.45, 2.75) is 39.7 Å². The van der Waals surface area contributed by atoms with Crippen molar-refractivity contribution in [1.82, 2.24) is 9.88 Å². The van der Waals surface area contributed by atoms with E-state index in [0.717, 1.165) is 65.7 Å². The predicted octanol–water partition coefficient (Wildman–Crippen LogP) is 5.97. The van der Waals surface area contributed by atoms with Gasteiger partial charge in [0.05, 0.1) is 23.8 Å². The molecule has 1 aromatic heterocycles. The number of hydrogen-bond acceptors (Lipinski definition) is 4. The first kappa shape index (κ1) is 20.7. The normalized spacial score (nSPS) is 12.6. The van der Waals surface area contributed by atoms with Gasteiger partial charge in [-0.1, -0.05) is 32.4 Å². The molecule has 0 aliphatic heterocycles. The average molecular weight is 400 g/mol. The van der Waals surface area contributed by atoms with Crippen molar-refractivity contribution in [3.63, 3.8) is 0 Å². The van der Waals surface area contributed by atoms with Crippen LogP contribution in [0.5, 0.6) is 5.75 Å². The van der Waals surface area contributed by atoms with Gasteiger partial charge in [-0.2, -0.15) is 0 Å². The monoisotopic (exact) mass is 399 g/mol. The van der Waals surface area contributed by atoms with Crippen LogP contribution < -0.4 is 10.1 Å². The lowest BCUT2D eigenvalue weighted by atomic mass is 10.0. The van der Waals surface area contributed by atoms with Crippen molar-refractivity contribution in [2.75, 3.05) is 32.1 Å². The molecule has 150 valence electrons. The summed E-state index contributed by atoms with van der Waals surface area (Å²) in [5.41, 5.74) is 2.96. The first-order valence-corrected chi connectivity index (χ1v) is 10.5. The summed E-state index contributed by atoms with van der Waals surface area (Å²) >= 11 is 6.23. The highest BCUT2D eigenvalue weighted by Gasteiger charge is 2.15. The highest BCUT2D eigenvalue weighted by atomic mass is 35.5. The molecule has 0 saturated carbocycles. The Morgan fingerprint density at radius 3 is 2.50 bits per heavy atom. The highest BCUT2D eigenvalue weighted by Crippen LogP contribution is 2.35. The Labute approximate surface area is 172 Å². The number of methoxy groups -OCH3 is 1. The van der Waals surface area contributed by atoms with Crippen molar-refractivity contribution < 1.29 is 4.74 Å². The van der Waals surface area contributed by atoms with Crippen LogP contribution in [0.2, 0.25) is 5.02 Å². The Morgan fingerprint density at radius 1 is 1.04 bits per heavy atom. The van der Waals surface area contributed by atoms with E-state index in [-0.39, 0.29) is 0 Å². The summed E-state index contributed by atoms with van der Waals surface area (Å²) in [6.07, 6.45) is 2.16. The lowest BCUT2D eigenvalue weighted by molar-refractivity contribution is 0.292. The number of hydrogen-bond donors (Lipinski definition) is 1. The summed E-state index contributed by atoms with van der Waals surface area (Å²) in [6, 6.07) is 12.3. The van der Waals surface area contributed by atoms with Gasteiger partial charge in [-0.3, -0.25) is 0 Å². The third kappa shape index (κ3) is 4.50. The number of pyridine rings is 1. The van der Waals surface area contributed by atoms with E-state index in [0.29, 0.717) is 11.1 Å². The molecule has 0 fully saturated rings. The third-order valence-electron chi connectivity index (χ3n) is 5.47. The van der Waals surface area contributed by atoms with Gasteiger partial charge in [0.15, 0.2) is 0 Å². The zero-order valence-corrected chi connectivity index (χ0v) is 18.0. The van der Waals surface area contributed by atoms with Crippen LogP contribution in [0.3, 0.4) is 0 Å². The van der Waals surface area contributed by atoms with Crippen molar-refractivity contribution >= 4 is 39.1 Å². The van der Waals surface area contributed by atoms with Crippen LogP contribution in [-0.4, -0.2) is 42.7 Å². The number of aromatic nitrogens is 1. The lowest BCUT2D eigenvalue weighted by Gasteiger charge is -2.25. The van der Waals surface area contributed by atoms with E-state index in [9.17, 15) is 0 Å². The molecule has 1 unspecified atom stereocenters. The maximum atomic E-state index is 6.23. The number of nitrogens with zero attached hydrogens (tertiary/aromatic N) is 2. The van der Waals surface area contributed by atoms with Gasteiger partial charge in [0, 0.05) is 28.4 Å². The van der Waals surface area contributed by atoms with E-state index >= 15 is 0 Å². The average Bonchev–Trinajstić information content (AvgIpc) is 2.72. The number of anilines is 1. The summed E-state index contributed by atoms with van der Waals surface area (Å²) in [6.45, 7) is 9.95. The topological polar surface area (TPSA) is 37.4 Å². The summed E-state index contributed by atoms with van der Waals surface area (Å²) in [5.74, 6) is 0.835. The van der Waals surface area contributed by atoms with Gasteiger partial charge in [0.25, 0.3) is 0 Å². The summed E-state index contributed by atoms with van der Waals surface area (Å²) < 4.78 is 5.46. The lowest BCUT2D eigenvalue weighted by Crippen LogP contribution is -2.29. The third-order valence-corrected chi connectivity index (χ3v) is 5.71. The van der Waals surface area contributed by atoms with Crippen LogP contribution in [0.4, 0.5) is 5.69 Å². The molecule has 1 N–H and O–H groups in total. The molecule has 1 atom stereocenters. The molecule has 0 spiro atoms. The second-order valence-electron chi connectivity index (χ2n) is 7.10. The second-order valence-corrected chi connectivity index (χ2v) is 7.53. The molecule has 0 bridgehead atoms. The molecule has 0 aliphatic carbocycles. The molecule has 5 heteroatoms. The Morgan fingerprint density at radius 2 is 1.82 bits per heavy atom. The minimum atomic E-state index is 0.385. The quantitative estimate of drug-likeness (QED) is 0.449. The van der Waals surface area contributed by atoms with Crippen LogP contribution in [-0.2, 0) is 0 Å². The van der Waals surface area contributed by atoms with Crippen LogP contribution in [0.25, 0.3) is 21.8 Å². The first-order chi connectivity index (χ1) is 13.6. The molecule has 0 amide bonds. The number of rotatable bonds is 9. The highest BCUT2D eigenvalue weighted by molar-refractivity contribution is 6.31. The van der Waals surface area contributed by atoms with E-state index < -0.39 is 0 Å². The van der Waals surface area contributed by atoms with Gasteiger partial charge in [0.2, 0.25) is 0 Å². The standard InChI is InChI=1S/C23H30ClN3O/c1-5-17(12-13-27(6-2)7-3)25-23-19-10-8-16(24)14-22(19)26-21-11-9-18(28-4)15-20(21)23/h8-11,14-15,17H,5-7,12-13H2,1-4H3,(H,25,26). The Hall–Kier alpha value is -2.04.